The molecule has 0 bridgehead atoms. The molecule has 2 aromatic rings. The molecule has 18 heavy (non-hydrogen) atoms. The van der Waals surface area contributed by atoms with Gasteiger partial charge in [-0.25, -0.2) is 0 Å². The fourth-order valence-corrected chi connectivity index (χ4v) is 1.74. The van der Waals surface area contributed by atoms with Crippen LogP contribution < -0.4 is 10.1 Å². The van der Waals surface area contributed by atoms with E-state index < -0.39 is 0 Å². The summed E-state index contributed by atoms with van der Waals surface area (Å²) in [6.45, 7) is 0. The van der Waals surface area contributed by atoms with Crippen molar-refractivity contribution in [1.82, 2.24) is 0 Å². The number of halogens is 1. The van der Waals surface area contributed by atoms with Crippen LogP contribution in [0.3, 0.4) is 0 Å². The van der Waals surface area contributed by atoms with Crippen LogP contribution in [0.15, 0.2) is 48.5 Å². The van der Waals surface area contributed by atoms with Crippen LogP contribution in [0, 0.1) is 0 Å². The van der Waals surface area contributed by atoms with E-state index in [1.807, 2.05) is 0 Å². The molecule has 1 amide bonds. The van der Waals surface area contributed by atoms with Crippen LogP contribution in [0.2, 0.25) is 5.02 Å². The molecule has 0 aliphatic heterocycles. The van der Waals surface area contributed by atoms with Crippen LogP contribution in [0.1, 0.15) is 10.4 Å². The number of carbonyl (C=O) groups excluding carboxylic acids is 1. The van der Waals surface area contributed by atoms with Crippen molar-refractivity contribution in [2.75, 3.05) is 12.4 Å². The summed E-state index contributed by atoms with van der Waals surface area (Å²) in [4.78, 5) is 12.0. The summed E-state index contributed by atoms with van der Waals surface area (Å²) in [5.41, 5.74) is 1.15. The Kier molecular flexibility index (Phi) is 3.85. The number of hydrogen-bond acceptors (Lipinski definition) is 2. The van der Waals surface area contributed by atoms with Crippen molar-refractivity contribution < 1.29 is 9.53 Å². The van der Waals surface area contributed by atoms with Crippen LogP contribution in [-0.2, 0) is 0 Å². The molecule has 0 spiro atoms. The lowest BCUT2D eigenvalue weighted by Gasteiger charge is -2.07. The molecule has 0 saturated carbocycles. The summed E-state index contributed by atoms with van der Waals surface area (Å²) < 4.78 is 5.04. The van der Waals surface area contributed by atoms with Crippen molar-refractivity contribution in [1.29, 1.82) is 0 Å². The number of benzene rings is 2. The topological polar surface area (TPSA) is 38.3 Å². The minimum Gasteiger partial charge on any atom is -0.497 e. The molecule has 0 heterocycles. The monoisotopic (exact) mass is 261 g/mol. The highest BCUT2D eigenvalue weighted by Gasteiger charge is 2.09. The Morgan fingerprint density at radius 2 is 1.78 bits per heavy atom. The van der Waals surface area contributed by atoms with Gasteiger partial charge in [0.1, 0.15) is 5.75 Å². The van der Waals surface area contributed by atoms with Crippen LogP contribution in [-0.4, -0.2) is 13.0 Å². The van der Waals surface area contributed by atoms with Gasteiger partial charge >= 0.3 is 0 Å². The lowest BCUT2D eigenvalue weighted by molar-refractivity contribution is 0.102. The molecule has 4 heteroatoms. The summed E-state index contributed by atoms with van der Waals surface area (Å²) in [5.74, 6) is 0.511. The van der Waals surface area contributed by atoms with Crippen LogP contribution in [0.4, 0.5) is 5.69 Å². The van der Waals surface area contributed by atoms with E-state index in [0.717, 1.165) is 5.75 Å². The SMILES string of the molecule is COc1ccc(NC(=O)c2ccccc2Cl)cc1. The highest BCUT2D eigenvalue weighted by molar-refractivity contribution is 6.34. The number of carbonyl (C=O) groups is 1. The van der Waals surface area contributed by atoms with Gasteiger partial charge < -0.3 is 10.1 Å². The lowest BCUT2D eigenvalue weighted by atomic mass is 10.2. The third-order valence-electron chi connectivity index (χ3n) is 2.47. The zero-order chi connectivity index (χ0) is 13.0. The van der Waals surface area contributed by atoms with Crippen LogP contribution >= 0.6 is 11.6 Å². The van der Waals surface area contributed by atoms with E-state index in [1.165, 1.54) is 0 Å². The van der Waals surface area contributed by atoms with Crippen molar-refractivity contribution >= 4 is 23.2 Å². The Morgan fingerprint density at radius 3 is 2.39 bits per heavy atom. The first kappa shape index (κ1) is 12.5. The van der Waals surface area contributed by atoms with Gasteiger partial charge in [-0.3, -0.25) is 4.79 Å². The molecule has 0 aromatic heterocycles. The first-order valence-electron chi connectivity index (χ1n) is 5.40. The standard InChI is InChI=1S/C14H12ClNO2/c1-18-11-8-6-10(7-9-11)16-14(17)12-4-2-3-5-13(12)15/h2-9H,1H3,(H,16,17). The second-order valence-corrected chi connectivity index (χ2v) is 4.07. The van der Waals surface area contributed by atoms with Crippen molar-refractivity contribution in [2.45, 2.75) is 0 Å². The summed E-state index contributed by atoms with van der Waals surface area (Å²) in [5, 5.41) is 3.21. The highest BCUT2D eigenvalue weighted by Crippen LogP contribution is 2.19. The molecule has 0 unspecified atom stereocenters. The van der Waals surface area contributed by atoms with E-state index in [9.17, 15) is 4.79 Å². The number of hydrogen-bond donors (Lipinski definition) is 1. The maximum absolute atomic E-state index is 12.0. The third-order valence-corrected chi connectivity index (χ3v) is 2.80. The van der Waals surface area contributed by atoms with E-state index >= 15 is 0 Å². The van der Waals surface area contributed by atoms with E-state index in [2.05, 4.69) is 5.32 Å². The van der Waals surface area contributed by atoms with Crippen molar-refractivity contribution in [3.8, 4) is 5.75 Å². The average molecular weight is 262 g/mol. The second kappa shape index (κ2) is 5.56. The summed E-state index contributed by atoms with van der Waals surface area (Å²) in [6.07, 6.45) is 0. The zero-order valence-electron chi connectivity index (χ0n) is 9.81. The molecule has 2 rings (SSSR count). The van der Waals surface area contributed by atoms with Gasteiger partial charge in [-0.1, -0.05) is 23.7 Å². The predicted molar refractivity (Wildman–Crippen MR) is 72.4 cm³/mol. The average Bonchev–Trinajstić information content (AvgIpc) is 2.40. The van der Waals surface area contributed by atoms with E-state index in [-0.39, 0.29) is 5.91 Å². The summed E-state index contributed by atoms with van der Waals surface area (Å²) in [7, 11) is 1.59. The minimum absolute atomic E-state index is 0.231. The Hall–Kier alpha value is -2.00. The number of anilines is 1. The summed E-state index contributed by atoms with van der Waals surface area (Å²) >= 11 is 5.95. The Labute approximate surface area is 110 Å². The number of nitrogens with one attached hydrogen (secondary N) is 1. The van der Waals surface area contributed by atoms with Gasteiger partial charge in [0, 0.05) is 5.69 Å². The maximum atomic E-state index is 12.0. The van der Waals surface area contributed by atoms with E-state index in [1.54, 1.807) is 55.6 Å². The van der Waals surface area contributed by atoms with Crippen molar-refractivity contribution in [2.24, 2.45) is 0 Å². The molecular weight excluding hydrogens is 250 g/mol. The Bertz CT molecular complexity index is 552. The quantitative estimate of drug-likeness (QED) is 0.917. The molecule has 2 aromatic carbocycles. The molecule has 92 valence electrons. The molecule has 0 atom stereocenters. The van der Waals surface area contributed by atoms with Gasteiger partial charge in [0.15, 0.2) is 0 Å². The van der Waals surface area contributed by atoms with Gasteiger partial charge in [0.25, 0.3) is 5.91 Å². The molecule has 0 fully saturated rings. The van der Waals surface area contributed by atoms with Gasteiger partial charge in [-0.15, -0.1) is 0 Å². The van der Waals surface area contributed by atoms with Gasteiger partial charge in [-0.2, -0.15) is 0 Å². The van der Waals surface area contributed by atoms with Crippen LogP contribution in [0.5, 0.6) is 5.75 Å². The van der Waals surface area contributed by atoms with Gasteiger partial charge in [-0.05, 0) is 36.4 Å². The molecule has 3 nitrogen and oxygen atoms in total. The molecule has 0 aliphatic carbocycles. The number of rotatable bonds is 3. The molecule has 0 aliphatic rings. The van der Waals surface area contributed by atoms with Gasteiger partial charge in [0.2, 0.25) is 0 Å². The van der Waals surface area contributed by atoms with E-state index in [4.69, 9.17) is 16.3 Å². The Balaban J connectivity index is 2.14. The molecule has 0 radical (unpaired) electrons. The third kappa shape index (κ3) is 2.81. The predicted octanol–water partition coefficient (Wildman–Crippen LogP) is 3.60. The number of methoxy groups -OCH3 is 1. The Morgan fingerprint density at radius 1 is 1.11 bits per heavy atom. The van der Waals surface area contributed by atoms with Crippen molar-refractivity contribution in [3.05, 3.63) is 59.1 Å². The van der Waals surface area contributed by atoms with E-state index in [0.29, 0.717) is 16.3 Å². The zero-order valence-corrected chi connectivity index (χ0v) is 10.6. The smallest absolute Gasteiger partial charge is 0.257 e. The summed E-state index contributed by atoms with van der Waals surface area (Å²) in [6, 6.07) is 14.0. The second-order valence-electron chi connectivity index (χ2n) is 3.66. The first-order chi connectivity index (χ1) is 8.70. The first-order valence-corrected chi connectivity index (χ1v) is 5.78. The number of amides is 1. The fraction of sp³-hybridized carbons (Fsp3) is 0.0714. The highest BCUT2D eigenvalue weighted by atomic mass is 35.5. The normalized spacial score (nSPS) is 9.89. The maximum Gasteiger partial charge on any atom is 0.257 e. The van der Waals surface area contributed by atoms with Crippen molar-refractivity contribution in [3.63, 3.8) is 0 Å². The molecular formula is C14H12ClNO2. The molecule has 0 saturated heterocycles. The largest absolute Gasteiger partial charge is 0.497 e. The number of ether oxygens (including phenoxy) is 1. The fourth-order valence-electron chi connectivity index (χ4n) is 1.52. The van der Waals surface area contributed by atoms with Crippen LogP contribution in [0.25, 0.3) is 0 Å². The molecule has 1 N–H and O–H groups in total. The minimum atomic E-state index is -0.231. The van der Waals surface area contributed by atoms with Gasteiger partial charge in [0.05, 0.1) is 17.7 Å². The lowest BCUT2D eigenvalue weighted by Crippen LogP contribution is -2.12.